The first-order valence-corrected chi connectivity index (χ1v) is 12.8. The van der Waals surface area contributed by atoms with Gasteiger partial charge >= 0.3 is 5.97 Å². The first-order valence-electron chi connectivity index (χ1n) is 12.8. The van der Waals surface area contributed by atoms with Crippen LogP contribution in [0.2, 0.25) is 0 Å². The number of hydrogen-bond acceptors (Lipinski definition) is 5. The summed E-state index contributed by atoms with van der Waals surface area (Å²) in [5.41, 5.74) is 5.25. The standard InChI is InChI=1S/C29H36N2O5/c32-18-25(33)15-16-26-28(23-7-3-1-4-8-23)29(24-9-5-2-6-10-24)30-31(26)17-21-11-13-22(14-12-21)19-36-20-27(34)35/h1-10,21-22,25,32-33H,11-20H2,(H,34,35)/t21?,22?,25-/m0/s1. The van der Waals surface area contributed by atoms with Gasteiger partial charge in [0.15, 0.2) is 0 Å². The lowest BCUT2D eigenvalue weighted by Gasteiger charge is -2.28. The molecule has 1 aliphatic carbocycles. The molecule has 0 radical (unpaired) electrons. The topological polar surface area (TPSA) is 105 Å². The van der Waals surface area contributed by atoms with Crippen molar-refractivity contribution in [2.45, 2.75) is 51.2 Å². The Morgan fingerprint density at radius 3 is 2.19 bits per heavy atom. The number of carboxylic acids is 1. The Balaban J connectivity index is 1.60. The summed E-state index contributed by atoms with van der Waals surface area (Å²) in [4.78, 5) is 10.7. The molecule has 0 bridgehead atoms. The van der Waals surface area contributed by atoms with E-state index in [0.29, 0.717) is 31.3 Å². The molecule has 0 saturated heterocycles. The van der Waals surface area contributed by atoms with Gasteiger partial charge in [-0.05, 0) is 55.9 Å². The summed E-state index contributed by atoms with van der Waals surface area (Å²) < 4.78 is 7.45. The number of aliphatic hydroxyl groups is 2. The van der Waals surface area contributed by atoms with Crippen molar-refractivity contribution >= 4 is 5.97 Å². The van der Waals surface area contributed by atoms with Crippen LogP contribution in [0, 0.1) is 11.8 Å². The molecule has 36 heavy (non-hydrogen) atoms. The van der Waals surface area contributed by atoms with Crippen molar-refractivity contribution in [1.82, 2.24) is 9.78 Å². The Morgan fingerprint density at radius 2 is 1.58 bits per heavy atom. The summed E-state index contributed by atoms with van der Waals surface area (Å²) in [5.74, 6) is -0.0591. The summed E-state index contributed by atoms with van der Waals surface area (Å²) in [6.07, 6.45) is 4.43. The van der Waals surface area contributed by atoms with Crippen LogP contribution < -0.4 is 0 Å². The maximum absolute atomic E-state index is 10.7. The minimum atomic E-state index is -0.926. The fourth-order valence-electron chi connectivity index (χ4n) is 5.14. The van der Waals surface area contributed by atoms with Crippen LogP contribution in [-0.2, 0) is 22.5 Å². The molecule has 1 fully saturated rings. The number of nitrogens with zero attached hydrogens (tertiary/aromatic N) is 2. The smallest absolute Gasteiger partial charge is 0.329 e. The van der Waals surface area contributed by atoms with Gasteiger partial charge in [0.1, 0.15) is 12.3 Å². The lowest BCUT2D eigenvalue weighted by atomic mass is 9.82. The Kier molecular flexibility index (Phi) is 9.28. The third kappa shape index (κ3) is 6.81. The van der Waals surface area contributed by atoms with Crippen LogP contribution >= 0.6 is 0 Å². The molecule has 1 saturated carbocycles. The van der Waals surface area contributed by atoms with E-state index in [2.05, 4.69) is 28.9 Å². The van der Waals surface area contributed by atoms with Gasteiger partial charge in [0.05, 0.1) is 19.3 Å². The largest absolute Gasteiger partial charge is 0.480 e. The molecule has 4 rings (SSSR count). The predicted octanol–water partition coefficient (Wildman–Crippen LogP) is 4.41. The summed E-state index contributed by atoms with van der Waals surface area (Å²) in [6.45, 7) is 0.802. The molecular weight excluding hydrogens is 456 g/mol. The summed E-state index contributed by atoms with van der Waals surface area (Å²) >= 11 is 0. The van der Waals surface area contributed by atoms with Crippen molar-refractivity contribution < 1.29 is 24.9 Å². The molecule has 1 atom stereocenters. The second-order valence-corrected chi connectivity index (χ2v) is 9.76. The SMILES string of the molecule is O=C(O)COCC1CCC(Cn2nc(-c3ccccc3)c(-c3ccccc3)c2CC[C@H](O)CO)CC1. The van der Waals surface area contributed by atoms with Crippen molar-refractivity contribution in [3.05, 3.63) is 66.4 Å². The number of aliphatic carboxylic acids is 1. The first-order chi connectivity index (χ1) is 17.5. The van der Waals surface area contributed by atoms with Crippen molar-refractivity contribution in [3.8, 4) is 22.4 Å². The number of carboxylic acid groups (broad SMARTS) is 1. The summed E-state index contributed by atoms with van der Waals surface area (Å²) in [6, 6.07) is 20.5. The lowest BCUT2D eigenvalue weighted by Crippen LogP contribution is -2.24. The van der Waals surface area contributed by atoms with Crippen molar-refractivity contribution in [3.63, 3.8) is 0 Å². The minimum absolute atomic E-state index is 0.235. The molecule has 0 unspecified atom stereocenters. The fourth-order valence-corrected chi connectivity index (χ4v) is 5.14. The van der Waals surface area contributed by atoms with E-state index < -0.39 is 12.1 Å². The monoisotopic (exact) mass is 492 g/mol. The minimum Gasteiger partial charge on any atom is -0.480 e. The summed E-state index contributed by atoms with van der Waals surface area (Å²) in [7, 11) is 0. The van der Waals surface area contributed by atoms with Crippen LogP contribution in [0.3, 0.4) is 0 Å². The molecule has 3 aromatic rings. The van der Waals surface area contributed by atoms with Gasteiger partial charge in [-0.1, -0.05) is 60.7 Å². The van der Waals surface area contributed by atoms with Crippen LogP contribution in [0.5, 0.6) is 0 Å². The zero-order valence-electron chi connectivity index (χ0n) is 20.6. The molecule has 0 spiro atoms. The Hall–Kier alpha value is -3.00. The molecule has 7 nitrogen and oxygen atoms in total. The third-order valence-electron chi connectivity index (χ3n) is 7.07. The molecule has 3 N–H and O–H groups in total. The van der Waals surface area contributed by atoms with Crippen molar-refractivity contribution in [2.75, 3.05) is 19.8 Å². The predicted molar refractivity (Wildman–Crippen MR) is 138 cm³/mol. The fraction of sp³-hybridized carbons (Fsp3) is 0.448. The second-order valence-electron chi connectivity index (χ2n) is 9.76. The highest BCUT2D eigenvalue weighted by Gasteiger charge is 2.26. The van der Waals surface area contributed by atoms with E-state index in [0.717, 1.165) is 60.3 Å². The van der Waals surface area contributed by atoms with Gasteiger partial charge in [0.2, 0.25) is 0 Å². The number of aromatic nitrogens is 2. The van der Waals surface area contributed by atoms with E-state index in [-0.39, 0.29) is 13.2 Å². The van der Waals surface area contributed by atoms with E-state index in [1.807, 2.05) is 36.4 Å². The van der Waals surface area contributed by atoms with Gasteiger partial charge < -0.3 is 20.1 Å². The van der Waals surface area contributed by atoms with Gasteiger partial charge in [-0.2, -0.15) is 5.10 Å². The number of ether oxygens (including phenoxy) is 1. The second kappa shape index (κ2) is 12.8. The van der Waals surface area contributed by atoms with Crippen LogP contribution in [0.25, 0.3) is 22.4 Å². The molecule has 7 heteroatoms. The number of rotatable bonds is 12. The Bertz CT molecular complexity index is 1090. The van der Waals surface area contributed by atoms with Gasteiger partial charge in [-0.15, -0.1) is 0 Å². The van der Waals surface area contributed by atoms with E-state index >= 15 is 0 Å². The number of hydrogen-bond donors (Lipinski definition) is 3. The van der Waals surface area contributed by atoms with Gasteiger partial charge in [0.25, 0.3) is 0 Å². The molecular formula is C29H36N2O5. The number of carbonyl (C=O) groups is 1. The number of aliphatic hydroxyl groups excluding tert-OH is 2. The van der Waals surface area contributed by atoms with E-state index in [1.54, 1.807) is 0 Å². The summed E-state index contributed by atoms with van der Waals surface area (Å²) in [5, 5.41) is 33.5. The zero-order valence-corrected chi connectivity index (χ0v) is 20.6. The van der Waals surface area contributed by atoms with Gasteiger partial charge in [-0.3, -0.25) is 4.68 Å². The molecule has 1 aliphatic rings. The molecule has 192 valence electrons. The van der Waals surface area contributed by atoms with Crippen LogP contribution in [0.4, 0.5) is 0 Å². The molecule has 2 aromatic carbocycles. The molecule has 0 aliphatic heterocycles. The zero-order chi connectivity index (χ0) is 25.3. The lowest BCUT2D eigenvalue weighted by molar-refractivity contribution is -0.142. The third-order valence-corrected chi connectivity index (χ3v) is 7.07. The molecule has 1 aromatic heterocycles. The Morgan fingerprint density at radius 1 is 0.972 bits per heavy atom. The first kappa shape index (κ1) is 26.1. The Labute approximate surface area is 212 Å². The van der Waals surface area contributed by atoms with E-state index in [4.69, 9.17) is 14.9 Å². The van der Waals surface area contributed by atoms with Crippen LogP contribution in [-0.4, -0.2) is 57.0 Å². The highest BCUT2D eigenvalue weighted by molar-refractivity contribution is 5.82. The van der Waals surface area contributed by atoms with E-state index in [1.165, 1.54) is 0 Å². The van der Waals surface area contributed by atoms with Crippen LogP contribution in [0.15, 0.2) is 60.7 Å². The molecule has 1 heterocycles. The van der Waals surface area contributed by atoms with Crippen molar-refractivity contribution in [2.24, 2.45) is 11.8 Å². The maximum Gasteiger partial charge on any atom is 0.329 e. The maximum atomic E-state index is 10.7. The van der Waals surface area contributed by atoms with Gasteiger partial charge in [-0.25, -0.2) is 4.79 Å². The quantitative estimate of drug-likeness (QED) is 0.346. The van der Waals surface area contributed by atoms with Gasteiger partial charge in [0, 0.05) is 23.4 Å². The average molecular weight is 493 g/mol. The highest BCUT2D eigenvalue weighted by atomic mass is 16.5. The highest BCUT2D eigenvalue weighted by Crippen LogP contribution is 2.37. The average Bonchev–Trinajstić information content (AvgIpc) is 3.27. The number of benzene rings is 2. The van der Waals surface area contributed by atoms with Crippen molar-refractivity contribution in [1.29, 1.82) is 0 Å². The van der Waals surface area contributed by atoms with Crippen LogP contribution in [0.1, 0.15) is 37.8 Å². The molecule has 0 amide bonds. The van der Waals surface area contributed by atoms with E-state index in [9.17, 15) is 15.0 Å². The normalized spacial score (nSPS) is 18.7.